The van der Waals surface area contributed by atoms with Crippen LogP contribution in [0.15, 0.2) is 0 Å². The molecule has 132 valence electrons. The highest BCUT2D eigenvalue weighted by Gasteiger charge is 2.34. The van der Waals surface area contributed by atoms with Crippen molar-refractivity contribution in [3.05, 3.63) is 0 Å². The van der Waals surface area contributed by atoms with E-state index in [1.807, 2.05) is 0 Å². The van der Waals surface area contributed by atoms with Gasteiger partial charge in [-0.15, -0.1) is 0 Å². The Kier molecular flexibility index (Phi) is 11.1. The zero-order valence-electron chi connectivity index (χ0n) is 14.0. The molecule has 4 atom stereocenters. The lowest BCUT2D eigenvalue weighted by molar-refractivity contribution is -0.0674. The first-order chi connectivity index (χ1) is 10.7. The molecule has 1 fully saturated rings. The lowest BCUT2D eigenvalue weighted by Gasteiger charge is -2.36. The average molecular weight is 317 g/mol. The first-order valence-corrected chi connectivity index (χ1v) is 8.88. The molecule has 4 N–H and O–H groups in total. The van der Waals surface area contributed by atoms with Crippen LogP contribution in [0.1, 0.15) is 57.8 Å². The molecular weight excluding hydrogens is 282 g/mol. The minimum Gasteiger partial charge on any atom is -0.396 e. The molecular formula is C17H35NO4. The first kappa shape index (κ1) is 19.8. The van der Waals surface area contributed by atoms with Crippen molar-refractivity contribution in [1.29, 1.82) is 0 Å². The Morgan fingerprint density at radius 1 is 0.955 bits per heavy atom. The number of rotatable bonds is 12. The normalized spacial score (nSPS) is 28.9. The Balaban J connectivity index is 1.96. The molecule has 1 aliphatic carbocycles. The standard InChI is InChI=1S/C17H35NO4/c1-22-10-8-6-4-2-3-5-7-9-18-15-11-14(13-19)17(21)16(20)12-15/h14-21H,2-13H2,1H3/t14?,15-,16?,17+/m0/s1. The molecule has 0 amide bonds. The maximum absolute atomic E-state index is 9.80. The summed E-state index contributed by atoms with van der Waals surface area (Å²) in [5.41, 5.74) is 0. The van der Waals surface area contributed by atoms with Gasteiger partial charge in [-0.2, -0.15) is 0 Å². The van der Waals surface area contributed by atoms with Crippen LogP contribution in [0.2, 0.25) is 0 Å². The molecule has 0 radical (unpaired) electrons. The topological polar surface area (TPSA) is 82.0 Å². The lowest BCUT2D eigenvalue weighted by Crippen LogP contribution is -2.49. The minimum absolute atomic E-state index is 0.0561. The summed E-state index contributed by atoms with van der Waals surface area (Å²) < 4.78 is 5.03. The molecule has 0 heterocycles. The van der Waals surface area contributed by atoms with Gasteiger partial charge in [0.25, 0.3) is 0 Å². The molecule has 0 bridgehead atoms. The van der Waals surface area contributed by atoms with Crippen molar-refractivity contribution >= 4 is 0 Å². The van der Waals surface area contributed by atoms with Crippen LogP contribution in [0.5, 0.6) is 0 Å². The van der Waals surface area contributed by atoms with Crippen LogP contribution in [-0.4, -0.2) is 60.4 Å². The van der Waals surface area contributed by atoms with Crippen molar-refractivity contribution in [3.63, 3.8) is 0 Å². The van der Waals surface area contributed by atoms with E-state index in [0.29, 0.717) is 6.42 Å². The van der Waals surface area contributed by atoms with Gasteiger partial charge in [0.1, 0.15) is 0 Å². The Labute approximate surface area is 135 Å². The molecule has 22 heavy (non-hydrogen) atoms. The van der Waals surface area contributed by atoms with Gasteiger partial charge in [-0.1, -0.05) is 32.1 Å². The number of aliphatic hydroxyl groups excluding tert-OH is 3. The van der Waals surface area contributed by atoms with E-state index in [0.717, 1.165) is 26.0 Å². The SMILES string of the molecule is COCCCCCCCCCN[C@@H]1CC(O)[C@H](O)C(CO)C1. The van der Waals surface area contributed by atoms with Gasteiger partial charge in [-0.25, -0.2) is 0 Å². The molecule has 0 aromatic rings. The summed E-state index contributed by atoms with van der Waals surface area (Å²) in [7, 11) is 1.75. The number of nitrogens with one attached hydrogen (secondary N) is 1. The predicted molar refractivity (Wildman–Crippen MR) is 87.8 cm³/mol. The van der Waals surface area contributed by atoms with Crippen LogP contribution >= 0.6 is 0 Å². The summed E-state index contributed by atoms with van der Waals surface area (Å²) in [5.74, 6) is -0.201. The third kappa shape index (κ3) is 7.88. The van der Waals surface area contributed by atoms with Gasteiger partial charge in [-0.05, 0) is 32.2 Å². The van der Waals surface area contributed by atoms with Gasteiger partial charge >= 0.3 is 0 Å². The molecule has 5 heteroatoms. The molecule has 0 spiro atoms. The number of hydrogen-bond acceptors (Lipinski definition) is 5. The molecule has 0 aromatic heterocycles. The van der Waals surface area contributed by atoms with Crippen LogP contribution in [0.4, 0.5) is 0 Å². The summed E-state index contributed by atoms with van der Waals surface area (Å²) >= 11 is 0. The molecule has 0 saturated heterocycles. The number of hydrogen-bond donors (Lipinski definition) is 4. The summed E-state index contributed by atoms with van der Waals surface area (Å²) in [5, 5.41) is 32.2. The van der Waals surface area contributed by atoms with E-state index >= 15 is 0 Å². The molecule has 0 aliphatic heterocycles. The second-order valence-electron chi connectivity index (χ2n) is 6.59. The maximum Gasteiger partial charge on any atom is 0.0850 e. The Morgan fingerprint density at radius 3 is 2.23 bits per heavy atom. The summed E-state index contributed by atoms with van der Waals surface area (Å²) in [4.78, 5) is 0. The average Bonchev–Trinajstić information content (AvgIpc) is 2.52. The van der Waals surface area contributed by atoms with Crippen molar-refractivity contribution in [2.75, 3.05) is 26.9 Å². The van der Waals surface area contributed by atoms with Gasteiger partial charge in [0.05, 0.1) is 12.2 Å². The first-order valence-electron chi connectivity index (χ1n) is 8.88. The van der Waals surface area contributed by atoms with Crippen LogP contribution in [0.3, 0.4) is 0 Å². The fourth-order valence-electron chi connectivity index (χ4n) is 3.26. The largest absolute Gasteiger partial charge is 0.396 e. The highest BCUT2D eigenvalue weighted by Crippen LogP contribution is 2.25. The van der Waals surface area contributed by atoms with Crippen molar-refractivity contribution < 1.29 is 20.1 Å². The molecule has 1 rings (SSSR count). The van der Waals surface area contributed by atoms with Crippen molar-refractivity contribution in [3.8, 4) is 0 Å². The Hall–Kier alpha value is -0.200. The molecule has 2 unspecified atom stereocenters. The van der Waals surface area contributed by atoms with Gasteiger partial charge in [-0.3, -0.25) is 0 Å². The molecule has 1 aliphatic rings. The molecule has 5 nitrogen and oxygen atoms in total. The van der Waals surface area contributed by atoms with Crippen molar-refractivity contribution in [2.24, 2.45) is 5.92 Å². The summed E-state index contributed by atoms with van der Waals surface area (Å²) in [6.07, 6.45) is 8.51. The highest BCUT2D eigenvalue weighted by atomic mass is 16.5. The van der Waals surface area contributed by atoms with Crippen LogP contribution < -0.4 is 5.32 Å². The van der Waals surface area contributed by atoms with E-state index in [9.17, 15) is 15.3 Å². The second-order valence-corrected chi connectivity index (χ2v) is 6.59. The minimum atomic E-state index is -0.777. The summed E-state index contributed by atoms with van der Waals surface area (Å²) in [6.45, 7) is 1.77. The zero-order chi connectivity index (χ0) is 16.2. The lowest BCUT2D eigenvalue weighted by atomic mass is 9.82. The number of ether oxygens (including phenoxy) is 1. The monoisotopic (exact) mass is 317 g/mol. The molecule has 1 saturated carbocycles. The van der Waals surface area contributed by atoms with Gasteiger partial charge in [0.2, 0.25) is 0 Å². The highest BCUT2D eigenvalue weighted by molar-refractivity contribution is 4.88. The van der Waals surface area contributed by atoms with E-state index in [2.05, 4.69) is 5.32 Å². The fraction of sp³-hybridized carbons (Fsp3) is 1.00. The Bertz CT molecular complexity index is 265. The fourth-order valence-corrected chi connectivity index (χ4v) is 3.26. The predicted octanol–water partition coefficient (Wildman–Crippen LogP) is 1.45. The van der Waals surface area contributed by atoms with E-state index < -0.39 is 12.2 Å². The van der Waals surface area contributed by atoms with E-state index in [1.54, 1.807) is 7.11 Å². The third-order valence-corrected chi connectivity index (χ3v) is 4.68. The van der Waals surface area contributed by atoms with Crippen LogP contribution in [0.25, 0.3) is 0 Å². The third-order valence-electron chi connectivity index (χ3n) is 4.68. The van der Waals surface area contributed by atoms with Gasteiger partial charge < -0.3 is 25.4 Å². The van der Waals surface area contributed by atoms with E-state index in [-0.39, 0.29) is 18.6 Å². The molecule has 0 aromatic carbocycles. The number of aliphatic hydroxyl groups is 3. The van der Waals surface area contributed by atoms with Crippen molar-refractivity contribution in [1.82, 2.24) is 5.32 Å². The number of unbranched alkanes of at least 4 members (excludes halogenated alkanes) is 6. The van der Waals surface area contributed by atoms with Crippen LogP contribution in [0, 0.1) is 5.92 Å². The van der Waals surface area contributed by atoms with Gasteiger partial charge in [0, 0.05) is 32.3 Å². The zero-order valence-corrected chi connectivity index (χ0v) is 14.0. The second kappa shape index (κ2) is 12.3. The quantitative estimate of drug-likeness (QED) is 0.410. The van der Waals surface area contributed by atoms with Gasteiger partial charge in [0.15, 0.2) is 0 Å². The maximum atomic E-state index is 9.80. The Morgan fingerprint density at radius 2 is 1.59 bits per heavy atom. The van der Waals surface area contributed by atoms with Crippen molar-refractivity contribution in [2.45, 2.75) is 76.0 Å². The summed E-state index contributed by atoms with van der Waals surface area (Å²) in [6, 6.07) is 0.213. The van der Waals surface area contributed by atoms with E-state index in [1.165, 1.54) is 38.5 Å². The van der Waals surface area contributed by atoms with E-state index in [4.69, 9.17) is 4.74 Å². The van der Waals surface area contributed by atoms with Crippen LogP contribution in [-0.2, 0) is 4.74 Å². The number of methoxy groups -OCH3 is 1. The smallest absolute Gasteiger partial charge is 0.0850 e.